The predicted molar refractivity (Wildman–Crippen MR) is 98.5 cm³/mol. The van der Waals surface area contributed by atoms with Crippen molar-refractivity contribution >= 4 is 23.2 Å². The molecule has 0 bridgehead atoms. The monoisotopic (exact) mass is 331 g/mol. The number of hydrogen-bond acceptors (Lipinski definition) is 3. The maximum atomic E-state index is 12.2. The van der Waals surface area contributed by atoms with Gasteiger partial charge in [0, 0.05) is 57.4 Å². The molecule has 1 aliphatic rings. The summed E-state index contributed by atoms with van der Waals surface area (Å²) in [6.07, 6.45) is 2.57. The summed E-state index contributed by atoms with van der Waals surface area (Å²) in [5.74, 6) is 0.123. The molecule has 0 unspecified atom stereocenters. The van der Waals surface area contributed by atoms with Gasteiger partial charge in [0.15, 0.2) is 0 Å². The number of benzene rings is 1. The van der Waals surface area contributed by atoms with Crippen molar-refractivity contribution in [3.05, 3.63) is 24.3 Å². The zero-order valence-corrected chi connectivity index (χ0v) is 15.1. The lowest BCUT2D eigenvalue weighted by Crippen LogP contribution is -2.35. The summed E-state index contributed by atoms with van der Waals surface area (Å²) in [7, 11) is 0. The fourth-order valence-corrected chi connectivity index (χ4v) is 3.23. The second-order valence-corrected chi connectivity index (χ2v) is 6.20. The Morgan fingerprint density at radius 2 is 1.54 bits per heavy atom. The van der Waals surface area contributed by atoms with Crippen LogP contribution in [-0.2, 0) is 9.59 Å². The molecule has 24 heavy (non-hydrogen) atoms. The maximum Gasteiger partial charge on any atom is 0.224 e. The van der Waals surface area contributed by atoms with E-state index < -0.39 is 0 Å². The minimum atomic E-state index is -0.0280. The topological polar surface area (TPSA) is 43.9 Å². The molecular formula is C19H29N3O2. The molecule has 1 saturated heterocycles. The Hall–Kier alpha value is -2.04. The number of anilines is 2. The summed E-state index contributed by atoms with van der Waals surface area (Å²) >= 11 is 0. The van der Waals surface area contributed by atoms with Gasteiger partial charge in [-0.25, -0.2) is 0 Å². The molecule has 1 aromatic rings. The Labute approximate surface area is 145 Å². The number of rotatable bonds is 7. The van der Waals surface area contributed by atoms with Crippen LogP contribution in [0.1, 0.15) is 40.0 Å². The van der Waals surface area contributed by atoms with E-state index in [1.54, 1.807) is 11.8 Å². The number of nitrogens with zero attached hydrogens (tertiary/aromatic N) is 3. The summed E-state index contributed by atoms with van der Waals surface area (Å²) in [4.78, 5) is 30.1. The summed E-state index contributed by atoms with van der Waals surface area (Å²) < 4.78 is 0. The average molecular weight is 331 g/mol. The van der Waals surface area contributed by atoms with Gasteiger partial charge < -0.3 is 14.7 Å². The first-order valence-corrected chi connectivity index (χ1v) is 8.97. The van der Waals surface area contributed by atoms with E-state index in [0.717, 1.165) is 50.4 Å². The van der Waals surface area contributed by atoms with Crippen molar-refractivity contribution in [2.24, 2.45) is 0 Å². The molecule has 0 radical (unpaired) electrons. The maximum absolute atomic E-state index is 12.2. The van der Waals surface area contributed by atoms with Crippen LogP contribution < -0.4 is 9.80 Å². The third kappa shape index (κ3) is 4.49. The van der Waals surface area contributed by atoms with Gasteiger partial charge in [0.25, 0.3) is 0 Å². The number of carbonyl (C=O) groups excluding carboxylic acids is 2. The lowest BCUT2D eigenvalue weighted by atomic mass is 10.2. The molecule has 2 rings (SSSR count). The number of amides is 2. The lowest BCUT2D eigenvalue weighted by Gasteiger charge is -2.25. The standard InChI is InChI=1S/C19H29N3O2/c1-4-20(5-2)17-8-10-18(11-9-17)22(16(3)23)15-12-19(24)21-13-6-7-14-21/h8-11H,4-7,12-15H2,1-3H3. The van der Waals surface area contributed by atoms with Crippen molar-refractivity contribution in [1.82, 2.24) is 4.90 Å². The summed E-state index contributed by atoms with van der Waals surface area (Å²) in [6, 6.07) is 8.02. The molecule has 0 aromatic heterocycles. The number of likely N-dealkylation sites (tertiary alicyclic amines) is 1. The van der Waals surface area contributed by atoms with Crippen molar-refractivity contribution in [2.75, 3.05) is 42.5 Å². The van der Waals surface area contributed by atoms with E-state index in [1.807, 2.05) is 29.2 Å². The Kier molecular flexibility index (Phi) is 6.64. The van der Waals surface area contributed by atoms with Gasteiger partial charge in [0.05, 0.1) is 0 Å². The highest BCUT2D eigenvalue weighted by Crippen LogP contribution is 2.21. The van der Waals surface area contributed by atoms with Crippen LogP contribution in [0.25, 0.3) is 0 Å². The van der Waals surface area contributed by atoms with Crippen molar-refractivity contribution in [3.63, 3.8) is 0 Å². The fourth-order valence-electron chi connectivity index (χ4n) is 3.23. The minimum absolute atomic E-state index is 0.0280. The molecule has 1 fully saturated rings. The van der Waals surface area contributed by atoms with Gasteiger partial charge in [-0.1, -0.05) is 0 Å². The van der Waals surface area contributed by atoms with Crippen LogP contribution in [0.5, 0.6) is 0 Å². The zero-order chi connectivity index (χ0) is 17.5. The van der Waals surface area contributed by atoms with E-state index in [9.17, 15) is 9.59 Å². The van der Waals surface area contributed by atoms with E-state index in [4.69, 9.17) is 0 Å². The molecule has 0 atom stereocenters. The Morgan fingerprint density at radius 1 is 1.00 bits per heavy atom. The highest BCUT2D eigenvalue weighted by Gasteiger charge is 2.20. The fraction of sp³-hybridized carbons (Fsp3) is 0.579. The highest BCUT2D eigenvalue weighted by molar-refractivity contribution is 5.92. The van der Waals surface area contributed by atoms with E-state index in [2.05, 4.69) is 18.7 Å². The first-order valence-electron chi connectivity index (χ1n) is 8.97. The molecular weight excluding hydrogens is 302 g/mol. The molecule has 0 saturated carbocycles. The molecule has 2 amide bonds. The van der Waals surface area contributed by atoms with Gasteiger partial charge >= 0.3 is 0 Å². The van der Waals surface area contributed by atoms with Crippen molar-refractivity contribution in [2.45, 2.75) is 40.0 Å². The van der Waals surface area contributed by atoms with Crippen LogP contribution in [0.3, 0.4) is 0 Å². The highest BCUT2D eigenvalue weighted by atomic mass is 16.2. The third-order valence-corrected chi connectivity index (χ3v) is 4.68. The molecule has 132 valence electrons. The van der Waals surface area contributed by atoms with Gasteiger partial charge in [-0.15, -0.1) is 0 Å². The minimum Gasteiger partial charge on any atom is -0.372 e. The summed E-state index contributed by atoms with van der Waals surface area (Å²) in [5, 5.41) is 0. The number of carbonyl (C=O) groups is 2. The van der Waals surface area contributed by atoms with Gasteiger partial charge in [-0.2, -0.15) is 0 Å². The zero-order valence-electron chi connectivity index (χ0n) is 15.1. The SMILES string of the molecule is CCN(CC)c1ccc(N(CCC(=O)N2CCCC2)C(C)=O)cc1. The van der Waals surface area contributed by atoms with Crippen molar-refractivity contribution < 1.29 is 9.59 Å². The van der Waals surface area contributed by atoms with Crippen LogP contribution in [0.4, 0.5) is 11.4 Å². The molecule has 0 N–H and O–H groups in total. The molecule has 5 nitrogen and oxygen atoms in total. The first kappa shape index (κ1) is 18.3. The van der Waals surface area contributed by atoms with Crippen LogP contribution in [0.2, 0.25) is 0 Å². The van der Waals surface area contributed by atoms with Gasteiger partial charge in [-0.3, -0.25) is 9.59 Å². The number of hydrogen-bond donors (Lipinski definition) is 0. The van der Waals surface area contributed by atoms with E-state index in [1.165, 1.54) is 0 Å². The van der Waals surface area contributed by atoms with Crippen LogP contribution in [0, 0.1) is 0 Å². The Balaban J connectivity index is 2.01. The lowest BCUT2D eigenvalue weighted by molar-refractivity contribution is -0.129. The molecule has 1 aliphatic heterocycles. The van der Waals surface area contributed by atoms with Crippen molar-refractivity contribution in [3.8, 4) is 0 Å². The second kappa shape index (κ2) is 8.71. The smallest absolute Gasteiger partial charge is 0.224 e. The van der Waals surface area contributed by atoms with Gasteiger partial charge in [0.2, 0.25) is 11.8 Å². The van der Waals surface area contributed by atoms with E-state index in [-0.39, 0.29) is 11.8 Å². The summed E-state index contributed by atoms with van der Waals surface area (Å²) in [6.45, 7) is 9.88. The van der Waals surface area contributed by atoms with Gasteiger partial charge in [0.1, 0.15) is 0 Å². The molecule has 1 heterocycles. The molecule has 0 aliphatic carbocycles. The Morgan fingerprint density at radius 3 is 2.04 bits per heavy atom. The van der Waals surface area contributed by atoms with Crippen LogP contribution in [0.15, 0.2) is 24.3 Å². The normalized spacial score (nSPS) is 13.9. The van der Waals surface area contributed by atoms with Crippen LogP contribution >= 0.6 is 0 Å². The largest absolute Gasteiger partial charge is 0.372 e. The van der Waals surface area contributed by atoms with Crippen LogP contribution in [-0.4, -0.2) is 49.4 Å². The predicted octanol–water partition coefficient (Wildman–Crippen LogP) is 2.90. The average Bonchev–Trinajstić information content (AvgIpc) is 3.11. The molecule has 5 heteroatoms. The summed E-state index contributed by atoms with van der Waals surface area (Å²) in [5.41, 5.74) is 2.01. The van der Waals surface area contributed by atoms with E-state index >= 15 is 0 Å². The second-order valence-electron chi connectivity index (χ2n) is 6.20. The third-order valence-electron chi connectivity index (χ3n) is 4.68. The Bertz CT molecular complexity index is 546. The van der Waals surface area contributed by atoms with Gasteiger partial charge in [-0.05, 0) is 51.0 Å². The van der Waals surface area contributed by atoms with Crippen molar-refractivity contribution in [1.29, 1.82) is 0 Å². The molecule has 1 aromatic carbocycles. The van der Waals surface area contributed by atoms with E-state index in [0.29, 0.717) is 13.0 Å². The quantitative estimate of drug-likeness (QED) is 0.772. The first-order chi connectivity index (χ1) is 11.6. The molecule has 0 spiro atoms.